The number of nitrogens with one attached hydrogen (secondary N) is 1. The van der Waals surface area contributed by atoms with Gasteiger partial charge in [0.05, 0.1) is 11.5 Å². The van der Waals surface area contributed by atoms with Crippen LogP contribution < -0.4 is 5.32 Å². The van der Waals surface area contributed by atoms with E-state index < -0.39 is 28.7 Å². The van der Waals surface area contributed by atoms with Gasteiger partial charge < -0.3 is 14.6 Å². The van der Waals surface area contributed by atoms with Crippen LogP contribution in [0.15, 0.2) is 109 Å². The van der Waals surface area contributed by atoms with Gasteiger partial charge in [0.15, 0.2) is 6.10 Å². The number of aryl methyl sites for hydroxylation is 1. The fourth-order valence-corrected chi connectivity index (χ4v) is 6.99. The minimum Gasteiger partial charge on any atom is -0.448 e. The number of fused-ring (bicyclic) bond motifs is 1. The number of hydrogen-bond acceptors (Lipinski definition) is 6. The molecule has 2 aliphatic heterocycles. The van der Waals surface area contributed by atoms with Crippen molar-refractivity contribution in [2.45, 2.75) is 29.7 Å². The molecule has 0 bridgehead atoms. The van der Waals surface area contributed by atoms with E-state index in [1.54, 1.807) is 24.0 Å². The van der Waals surface area contributed by atoms with Gasteiger partial charge in [0.1, 0.15) is 22.3 Å². The van der Waals surface area contributed by atoms with E-state index in [4.69, 9.17) is 4.74 Å². The predicted octanol–water partition coefficient (Wildman–Crippen LogP) is 4.63. The highest BCUT2D eigenvalue weighted by molar-refractivity contribution is 8.01. The van der Waals surface area contributed by atoms with Gasteiger partial charge in [-0.1, -0.05) is 91.0 Å². The summed E-state index contributed by atoms with van der Waals surface area (Å²) >= 11 is 1.42. The van der Waals surface area contributed by atoms with Crippen LogP contribution in [0.3, 0.4) is 0 Å². The zero-order valence-electron chi connectivity index (χ0n) is 22.5. The summed E-state index contributed by atoms with van der Waals surface area (Å²) in [6.45, 7) is 1.43. The molecule has 41 heavy (non-hydrogen) atoms. The van der Waals surface area contributed by atoms with Gasteiger partial charge >= 0.3 is 5.97 Å². The van der Waals surface area contributed by atoms with Crippen LogP contribution in [0.5, 0.6) is 0 Å². The largest absolute Gasteiger partial charge is 0.448 e. The molecule has 9 heteroatoms. The molecule has 1 aromatic heterocycles. The summed E-state index contributed by atoms with van der Waals surface area (Å²) < 4.78 is 8.04. The first kappa shape index (κ1) is 26.6. The van der Waals surface area contributed by atoms with Crippen LogP contribution in [0.2, 0.25) is 0 Å². The quantitative estimate of drug-likeness (QED) is 0.260. The summed E-state index contributed by atoms with van der Waals surface area (Å²) in [5, 5.41) is 1.94. The van der Waals surface area contributed by atoms with Gasteiger partial charge in [0, 0.05) is 26.4 Å². The van der Waals surface area contributed by atoms with Crippen molar-refractivity contribution < 1.29 is 19.1 Å². The molecule has 206 valence electrons. The third-order valence-electron chi connectivity index (χ3n) is 7.25. The number of imidazole rings is 1. The minimum absolute atomic E-state index is 0.0934. The highest BCUT2D eigenvalue weighted by atomic mass is 32.2. The van der Waals surface area contributed by atoms with Crippen molar-refractivity contribution in [3.63, 3.8) is 0 Å². The van der Waals surface area contributed by atoms with Gasteiger partial charge in [-0.2, -0.15) is 0 Å². The zero-order chi connectivity index (χ0) is 28.5. The van der Waals surface area contributed by atoms with Gasteiger partial charge in [0.2, 0.25) is 11.8 Å². The van der Waals surface area contributed by atoms with Gasteiger partial charge in [-0.3, -0.25) is 14.5 Å². The average molecular weight is 565 g/mol. The first-order valence-corrected chi connectivity index (χ1v) is 14.2. The lowest BCUT2D eigenvalue weighted by atomic mass is 9.88. The first-order valence-electron chi connectivity index (χ1n) is 13.3. The molecule has 2 unspecified atom stereocenters. The first-order chi connectivity index (χ1) is 19.9. The Morgan fingerprint density at radius 3 is 2.05 bits per heavy atom. The van der Waals surface area contributed by atoms with E-state index >= 15 is 0 Å². The van der Waals surface area contributed by atoms with Crippen LogP contribution in [0.4, 0.5) is 0 Å². The minimum atomic E-state index is -0.714. The average Bonchev–Trinajstić information content (AvgIpc) is 3.41. The number of β-lactam (4-membered cyclic amide) rings is 1. The van der Waals surface area contributed by atoms with Crippen molar-refractivity contribution in [2.75, 3.05) is 0 Å². The summed E-state index contributed by atoms with van der Waals surface area (Å²) in [7, 11) is 1.81. The molecule has 8 nitrogen and oxygen atoms in total. The van der Waals surface area contributed by atoms with Gasteiger partial charge in [0.25, 0.3) is 0 Å². The molecule has 0 saturated carbocycles. The number of ether oxygens (including phenoxy) is 1. The van der Waals surface area contributed by atoms with Gasteiger partial charge in [-0.05, 0) is 16.7 Å². The SMILES string of the molecule is CC(=O)NC1S[C@@H]2C(c3ccccc3)C(=O)N2C(C(=O)OC(c2ccccc2)c2ccccc2)=C1c1nccn1C. The normalized spacial score (nSPS) is 19.9. The van der Waals surface area contributed by atoms with E-state index in [0.29, 0.717) is 11.4 Å². The molecule has 0 aliphatic carbocycles. The van der Waals surface area contributed by atoms with E-state index in [-0.39, 0.29) is 17.5 Å². The van der Waals surface area contributed by atoms with Crippen molar-refractivity contribution in [1.29, 1.82) is 0 Å². The smallest absolute Gasteiger partial charge is 0.356 e. The number of carbonyl (C=O) groups excluding carboxylic acids is 3. The Bertz CT molecular complexity index is 1580. The lowest BCUT2D eigenvalue weighted by Gasteiger charge is -2.51. The lowest BCUT2D eigenvalue weighted by molar-refractivity contribution is -0.153. The number of nitrogens with zero attached hydrogens (tertiary/aromatic N) is 3. The Hall–Kier alpha value is -4.63. The van der Waals surface area contributed by atoms with Crippen molar-refractivity contribution >= 4 is 35.1 Å². The molecule has 6 rings (SSSR count). The Morgan fingerprint density at radius 1 is 0.927 bits per heavy atom. The van der Waals surface area contributed by atoms with Crippen LogP contribution in [0.25, 0.3) is 5.57 Å². The summed E-state index contributed by atoms with van der Waals surface area (Å²) in [5.74, 6) is -1.13. The molecule has 3 aromatic carbocycles. The molecule has 0 spiro atoms. The number of aromatic nitrogens is 2. The van der Waals surface area contributed by atoms with Crippen LogP contribution in [-0.4, -0.2) is 43.0 Å². The topological polar surface area (TPSA) is 93.5 Å². The van der Waals surface area contributed by atoms with Crippen molar-refractivity contribution in [2.24, 2.45) is 7.05 Å². The second-order valence-corrected chi connectivity index (χ2v) is 11.2. The van der Waals surface area contributed by atoms with E-state index in [0.717, 1.165) is 16.7 Å². The third-order valence-corrected chi connectivity index (χ3v) is 8.64. The summed E-state index contributed by atoms with van der Waals surface area (Å²) in [6, 6.07) is 28.5. The van der Waals surface area contributed by atoms with E-state index in [2.05, 4.69) is 10.3 Å². The molecule has 3 heterocycles. The highest BCUT2D eigenvalue weighted by Crippen LogP contribution is 2.52. The monoisotopic (exact) mass is 564 g/mol. The summed E-state index contributed by atoms with van der Waals surface area (Å²) in [5.41, 5.74) is 2.97. The summed E-state index contributed by atoms with van der Waals surface area (Å²) in [6.07, 6.45) is 2.66. The fourth-order valence-electron chi connectivity index (χ4n) is 5.36. The fraction of sp³-hybridized carbons (Fsp3) is 0.188. The molecule has 2 amide bonds. The molecule has 1 N–H and O–H groups in total. The van der Waals surface area contributed by atoms with E-state index in [9.17, 15) is 14.4 Å². The lowest BCUT2D eigenvalue weighted by Crippen LogP contribution is -2.62. The number of esters is 1. The Morgan fingerprint density at radius 2 is 1.51 bits per heavy atom. The predicted molar refractivity (Wildman–Crippen MR) is 156 cm³/mol. The maximum absolute atomic E-state index is 14.3. The summed E-state index contributed by atoms with van der Waals surface area (Å²) in [4.78, 5) is 46.6. The van der Waals surface area contributed by atoms with E-state index in [1.165, 1.54) is 23.6 Å². The Labute approximate surface area is 242 Å². The van der Waals surface area contributed by atoms with Crippen LogP contribution in [-0.2, 0) is 26.2 Å². The molecule has 2 aliphatic rings. The molecule has 1 saturated heterocycles. The Balaban J connectivity index is 1.48. The van der Waals surface area contributed by atoms with E-state index in [1.807, 2.05) is 91.0 Å². The van der Waals surface area contributed by atoms with Crippen molar-refractivity contribution in [1.82, 2.24) is 19.8 Å². The second-order valence-electron chi connectivity index (χ2n) is 9.93. The maximum atomic E-state index is 14.3. The number of thioether (sulfide) groups is 1. The van der Waals surface area contributed by atoms with Crippen LogP contribution in [0, 0.1) is 0 Å². The molecular weight excluding hydrogens is 536 g/mol. The molecule has 0 radical (unpaired) electrons. The molecule has 4 aromatic rings. The van der Waals surface area contributed by atoms with Crippen molar-refractivity contribution in [3.05, 3.63) is 132 Å². The molecular formula is C32H28N4O4S. The zero-order valence-corrected chi connectivity index (χ0v) is 23.3. The molecule has 3 atom stereocenters. The second kappa shape index (κ2) is 11.1. The van der Waals surface area contributed by atoms with Gasteiger partial charge in [-0.15, -0.1) is 11.8 Å². The number of carbonyl (C=O) groups is 3. The number of amides is 2. The van der Waals surface area contributed by atoms with Gasteiger partial charge in [-0.25, -0.2) is 9.78 Å². The highest BCUT2D eigenvalue weighted by Gasteiger charge is 2.57. The molecule has 1 fully saturated rings. The Kier molecular flexibility index (Phi) is 7.19. The number of benzene rings is 3. The number of rotatable bonds is 7. The maximum Gasteiger partial charge on any atom is 0.356 e. The van der Waals surface area contributed by atoms with Crippen LogP contribution >= 0.6 is 11.8 Å². The van der Waals surface area contributed by atoms with Crippen LogP contribution in [0.1, 0.15) is 41.5 Å². The standard InChI is InChI=1S/C32H28N4O4S/c1-20(37)34-29-25(28-33-18-19-35(28)2)26(36-30(38)24(31(36)41-29)21-12-6-3-7-13-21)32(39)40-27(22-14-8-4-9-15-22)23-16-10-5-11-17-23/h3-19,24,27,29,31H,1-2H3,(H,34,37)/t24?,29?,31-/m1/s1. The third kappa shape index (κ3) is 4.93. The number of hydrogen-bond donors (Lipinski definition) is 1. The van der Waals surface area contributed by atoms with Crippen molar-refractivity contribution in [3.8, 4) is 0 Å².